The molecule has 0 aliphatic carbocycles. The predicted molar refractivity (Wildman–Crippen MR) is 80.5 cm³/mol. The zero-order valence-corrected chi connectivity index (χ0v) is 12.6. The van der Waals surface area contributed by atoms with E-state index in [9.17, 15) is 0 Å². The molecule has 0 fully saturated rings. The highest BCUT2D eigenvalue weighted by Crippen LogP contribution is 2.17. The van der Waals surface area contributed by atoms with Gasteiger partial charge in [0.2, 0.25) is 0 Å². The summed E-state index contributed by atoms with van der Waals surface area (Å²) in [5, 5.41) is 3.47. The second kappa shape index (κ2) is 8.88. The Morgan fingerprint density at radius 3 is 2.89 bits per heavy atom. The number of nitrogens with zero attached hydrogens (tertiary/aromatic N) is 2. The normalized spacial score (nSPS) is 11.0. The minimum absolute atomic E-state index is 0.663. The Balaban J connectivity index is 2.56. The summed E-state index contributed by atoms with van der Waals surface area (Å²) >= 11 is 0. The predicted octanol–water partition coefficient (Wildman–Crippen LogP) is 2.30. The fourth-order valence-electron chi connectivity index (χ4n) is 1.89. The molecule has 0 saturated carbocycles. The smallest absolute Gasteiger partial charge is 0.0641 e. The molecule has 1 aromatic heterocycles. The lowest BCUT2D eigenvalue weighted by atomic mass is 10.2. The lowest BCUT2D eigenvalue weighted by molar-refractivity contribution is 0.154. The molecule has 0 unspecified atom stereocenters. The fourth-order valence-corrected chi connectivity index (χ4v) is 1.89. The van der Waals surface area contributed by atoms with Crippen molar-refractivity contribution < 1.29 is 4.74 Å². The van der Waals surface area contributed by atoms with Gasteiger partial charge in [0.1, 0.15) is 0 Å². The molecule has 4 nitrogen and oxygen atoms in total. The van der Waals surface area contributed by atoms with Gasteiger partial charge in [-0.2, -0.15) is 0 Å². The summed E-state index contributed by atoms with van der Waals surface area (Å²) in [4.78, 5) is 6.45. The summed E-state index contributed by atoms with van der Waals surface area (Å²) in [6.45, 7) is 10.8. The maximum absolute atomic E-state index is 5.41. The molecule has 0 amide bonds. The number of rotatable bonds is 9. The van der Waals surface area contributed by atoms with Gasteiger partial charge in [-0.3, -0.25) is 4.98 Å². The first-order valence-electron chi connectivity index (χ1n) is 7.07. The number of likely N-dealkylation sites (N-methyl/N-ethyl adjacent to an activating group) is 1. The van der Waals surface area contributed by atoms with Crippen molar-refractivity contribution in [3.8, 4) is 0 Å². The first-order chi connectivity index (χ1) is 9.15. The van der Waals surface area contributed by atoms with E-state index in [0.29, 0.717) is 5.92 Å². The van der Waals surface area contributed by atoms with Gasteiger partial charge in [0.25, 0.3) is 0 Å². The summed E-state index contributed by atoms with van der Waals surface area (Å²) < 4.78 is 5.41. The maximum Gasteiger partial charge on any atom is 0.0641 e. The average Bonchev–Trinajstić information content (AvgIpc) is 2.39. The van der Waals surface area contributed by atoms with Gasteiger partial charge in [-0.05, 0) is 25.5 Å². The molecular weight excluding hydrogens is 238 g/mol. The van der Waals surface area contributed by atoms with Crippen molar-refractivity contribution in [2.75, 3.05) is 38.3 Å². The van der Waals surface area contributed by atoms with Crippen molar-refractivity contribution in [2.45, 2.75) is 27.3 Å². The molecule has 0 aromatic carbocycles. The van der Waals surface area contributed by atoms with E-state index in [1.54, 1.807) is 0 Å². The van der Waals surface area contributed by atoms with Crippen molar-refractivity contribution in [1.82, 2.24) is 10.3 Å². The third-order valence-electron chi connectivity index (χ3n) is 2.93. The summed E-state index contributed by atoms with van der Waals surface area (Å²) in [6, 6.07) is 2.07. The molecule has 0 aliphatic heterocycles. The number of anilines is 1. The Bertz CT molecular complexity index is 355. The van der Waals surface area contributed by atoms with Crippen LogP contribution in [0.2, 0.25) is 0 Å². The molecule has 0 spiro atoms. The van der Waals surface area contributed by atoms with Crippen LogP contribution in [0.3, 0.4) is 0 Å². The number of aromatic nitrogens is 1. The molecule has 1 N–H and O–H groups in total. The van der Waals surface area contributed by atoms with E-state index in [4.69, 9.17) is 4.74 Å². The highest BCUT2D eigenvalue weighted by atomic mass is 16.5. The second-order valence-electron chi connectivity index (χ2n) is 5.15. The monoisotopic (exact) mass is 265 g/mol. The third-order valence-corrected chi connectivity index (χ3v) is 2.93. The van der Waals surface area contributed by atoms with Gasteiger partial charge in [0.05, 0.1) is 6.61 Å². The highest BCUT2D eigenvalue weighted by Gasteiger charge is 2.07. The molecule has 19 heavy (non-hydrogen) atoms. The molecule has 1 rings (SSSR count). The Hall–Kier alpha value is -1.13. The van der Waals surface area contributed by atoms with Gasteiger partial charge in [-0.15, -0.1) is 0 Å². The van der Waals surface area contributed by atoms with Crippen molar-refractivity contribution in [3.05, 3.63) is 24.0 Å². The van der Waals surface area contributed by atoms with Crippen LogP contribution < -0.4 is 10.2 Å². The van der Waals surface area contributed by atoms with Gasteiger partial charge in [-0.25, -0.2) is 0 Å². The number of nitrogens with one attached hydrogen (secondary N) is 1. The zero-order valence-electron chi connectivity index (χ0n) is 12.6. The van der Waals surface area contributed by atoms with Crippen LogP contribution in [0.1, 0.15) is 26.3 Å². The van der Waals surface area contributed by atoms with Crippen LogP contribution in [-0.4, -0.2) is 38.3 Å². The van der Waals surface area contributed by atoms with Crippen LogP contribution in [0.5, 0.6) is 0 Å². The topological polar surface area (TPSA) is 37.4 Å². The molecule has 1 heterocycles. The van der Waals surface area contributed by atoms with Gasteiger partial charge in [0, 0.05) is 50.4 Å². The molecule has 0 saturated heterocycles. The first-order valence-corrected chi connectivity index (χ1v) is 7.07. The molecule has 0 atom stereocenters. The van der Waals surface area contributed by atoms with Crippen LogP contribution >= 0.6 is 0 Å². The number of hydrogen-bond acceptors (Lipinski definition) is 4. The van der Waals surface area contributed by atoms with E-state index in [1.165, 1.54) is 11.3 Å². The van der Waals surface area contributed by atoms with E-state index in [2.05, 4.69) is 42.2 Å². The maximum atomic E-state index is 5.41. The van der Waals surface area contributed by atoms with Crippen molar-refractivity contribution >= 4 is 5.69 Å². The molecule has 108 valence electrons. The molecule has 4 heteroatoms. The third kappa shape index (κ3) is 6.03. The van der Waals surface area contributed by atoms with Gasteiger partial charge >= 0.3 is 0 Å². The summed E-state index contributed by atoms with van der Waals surface area (Å²) in [6.07, 6.45) is 3.79. The van der Waals surface area contributed by atoms with Gasteiger partial charge in [-0.1, -0.05) is 13.8 Å². The van der Waals surface area contributed by atoms with Crippen LogP contribution in [-0.2, 0) is 11.3 Å². The van der Waals surface area contributed by atoms with E-state index in [-0.39, 0.29) is 0 Å². The molecular formula is C15H27N3O. The Morgan fingerprint density at radius 1 is 1.42 bits per heavy atom. The van der Waals surface area contributed by atoms with Crippen molar-refractivity contribution in [1.29, 1.82) is 0 Å². The number of pyridine rings is 1. The van der Waals surface area contributed by atoms with Gasteiger partial charge < -0.3 is 15.0 Å². The van der Waals surface area contributed by atoms with E-state index >= 15 is 0 Å². The number of ether oxygens (including phenoxy) is 1. The Morgan fingerprint density at radius 2 is 2.21 bits per heavy atom. The molecule has 0 radical (unpaired) electrons. The van der Waals surface area contributed by atoms with E-state index in [0.717, 1.165) is 32.8 Å². The quantitative estimate of drug-likeness (QED) is 0.695. The van der Waals surface area contributed by atoms with Crippen LogP contribution in [0.25, 0.3) is 0 Å². The zero-order chi connectivity index (χ0) is 14.1. The lowest BCUT2D eigenvalue weighted by Gasteiger charge is -2.22. The second-order valence-corrected chi connectivity index (χ2v) is 5.15. The van der Waals surface area contributed by atoms with Crippen LogP contribution in [0.15, 0.2) is 18.5 Å². The minimum Gasteiger partial charge on any atom is -0.380 e. The van der Waals surface area contributed by atoms with Crippen molar-refractivity contribution in [3.63, 3.8) is 0 Å². The Labute approximate surface area is 117 Å². The van der Waals surface area contributed by atoms with E-state index in [1.807, 2.05) is 19.3 Å². The van der Waals surface area contributed by atoms with Crippen LogP contribution in [0, 0.1) is 5.92 Å². The SMILES string of the molecule is CCOCCN(C)c1ccncc1CNCC(C)C. The summed E-state index contributed by atoms with van der Waals surface area (Å²) in [5.41, 5.74) is 2.47. The lowest BCUT2D eigenvalue weighted by Crippen LogP contribution is -2.26. The minimum atomic E-state index is 0.663. The number of hydrogen-bond donors (Lipinski definition) is 1. The molecule has 0 aliphatic rings. The van der Waals surface area contributed by atoms with Crippen LogP contribution in [0.4, 0.5) is 5.69 Å². The van der Waals surface area contributed by atoms with E-state index < -0.39 is 0 Å². The fraction of sp³-hybridized carbons (Fsp3) is 0.667. The Kier molecular flexibility index (Phi) is 7.45. The van der Waals surface area contributed by atoms with Crippen molar-refractivity contribution in [2.24, 2.45) is 5.92 Å². The van der Waals surface area contributed by atoms with Gasteiger partial charge in [0.15, 0.2) is 0 Å². The molecule has 1 aromatic rings. The highest BCUT2D eigenvalue weighted by molar-refractivity contribution is 5.51. The molecule has 0 bridgehead atoms. The summed E-state index contributed by atoms with van der Waals surface area (Å²) in [7, 11) is 2.10. The largest absolute Gasteiger partial charge is 0.380 e. The summed E-state index contributed by atoms with van der Waals surface area (Å²) in [5.74, 6) is 0.663. The average molecular weight is 265 g/mol. The first kappa shape index (κ1) is 15.9. The standard InChI is InChI=1S/C15H27N3O/c1-5-19-9-8-18(4)15-6-7-16-11-14(15)12-17-10-13(2)3/h6-7,11,13,17H,5,8-10,12H2,1-4H3.